The largest absolute Gasteiger partial charge is 0.365 e. The predicted octanol–water partition coefficient (Wildman–Crippen LogP) is 4.40. The molecular formula is C18H39N3O2S2. The third-order valence-corrected chi connectivity index (χ3v) is 5.86. The second-order valence-corrected chi connectivity index (χ2v) is 8.97. The van der Waals surface area contributed by atoms with Crippen LogP contribution in [0.1, 0.15) is 96.8 Å². The highest BCUT2D eigenvalue weighted by atomic mass is 32.2. The summed E-state index contributed by atoms with van der Waals surface area (Å²) in [6.07, 6.45) is 17.6. The molecule has 0 saturated heterocycles. The first-order valence-corrected chi connectivity index (χ1v) is 12.0. The van der Waals surface area contributed by atoms with Gasteiger partial charge in [0.15, 0.2) is 5.11 Å². The molecule has 0 amide bonds. The molecule has 0 spiro atoms. The van der Waals surface area contributed by atoms with Crippen molar-refractivity contribution in [3.05, 3.63) is 0 Å². The molecule has 0 atom stereocenters. The summed E-state index contributed by atoms with van der Waals surface area (Å²) in [6, 6.07) is 0. The van der Waals surface area contributed by atoms with Crippen LogP contribution in [0.25, 0.3) is 0 Å². The molecule has 0 fully saturated rings. The summed E-state index contributed by atoms with van der Waals surface area (Å²) < 4.78 is 23.4. The summed E-state index contributed by atoms with van der Waals surface area (Å²) in [5.74, 6) is 0.143. The summed E-state index contributed by atoms with van der Waals surface area (Å²) in [5.41, 5.74) is 2.45. The van der Waals surface area contributed by atoms with Crippen LogP contribution in [0.3, 0.4) is 0 Å². The van der Waals surface area contributed by atoms with Crippen molar-refractivity contribution >= 4 is 27.4 Å². The van der Waals surface area contributed by atoms with Crippen molar-refractivity contribution in [2.75, 3.05) is 12.8 Å². The van der Waals surface area contributed by atoms with Gasteiger partial charge in [0.1, 0.15) is 0 Å². The lowest BCUT2D eigenvalue weighted by Crippen LogP contribution is -2.46. The molecule has 0 unspecified atom stereocenters. The van der Waals surface area contributed by atoms with E-state index >= 15 is 0 Å². The molecular weight excluding hydrogens is 354 g/mol. The minimum Gasteiger partial charge on any atom is -0.365 e. The maximum Gasteiger partial charge on any atom is 0.228 e. The normalized spacial score (nSPS) is 11.4. The van der Waals surface area contributed by atoms with Gasteiger partial charge < -0.3 is 5.32 Å². The molecule has 0 aliphatic rings. The minimum atomic E-state index is -3.29. The van der Waals surface area contributed by atoms with E-state index in [0.29, 0.717) is 6.42 Å². The first-order valence-electron chi connectivity index (χ1n) is 9.99. The molecule has 7 heteroatoms. The van der Waals surface area contributed by atoms with E-state index in [2.05, 4.69) is 22.5 Å². The zero-order chi connectivity index (χ0) is 18.8. The van der Waals surface area contributed by atoms with E-state index in [9.17, 15) is 8.42 Å². The molecule has 0 aromatic carbocycles. The van der Waals surface area contributed by atoms with Crippen LogP contribution >= 0.6 is 12.2 Å². The van der Waals surface area contributed by atoms with Crippen molar-refractivity contribution in [3.8, 4) is 0 Å². The molecule has 0 saturated carbocycles. The Morgan fingerprint density at radius 1 is 0.760 bits per heavy atom. The average Bonchev–Trinajstić information content (AvgIpc) is 2.60. The van der Waals surface area contributed by atoms with Gasteiger partial charge in [0.2, 0.25) is 10.0 Å². The van der Waals surface area contributed by atoms with E-state index in [4.69, 9.17) is 12.2 Å². The van der Waals surface area contributed by atoms with Crippen molar-refractivity contribution in [2.45, 2.75) is 96.8 Å². The zero-order valence-corrected chi connectivity index (χ0v) is 17.9. The van der Waals surface area contributed by atoms with Crippen LogP contribution in [-0.4, -0.2) is 26.3 Å². The minimum absolute atomic E-state index is 0.143. The lowest BCUT2D eigenvalue weighted by molar-refractivity contribution is 0.536. The Morgan fingerprint density at radius 2 is 1.16 bits per heavy atom. The first-order chi connectivity index (χ1) is 12.0. The van der Waals surface area contributed by atoms with Gasteiger partial charge in [-0.1, -0.05) is 90.4 Å². The molecule has 0 rings (SSSR count). The van der Waals surface area contributed by atoms with Crippen LogP contribution in [-0.2, 0) is 10.0 Å². The van der Waals surface area contributed by atoms with E-state index in [1.165, 1.54) is 70.6 Å². The summed E-state index contributed by atoms with van der Waals surface area (Å²) in [7, 11) is -1.66. The van der Waals surface area contributed by atoms with E-state index in [1.807, 2.05) is 0 Å². The second kappa shape index (κ2) is 17.0. The van der Waals surface area contributed by atoms with E-state index < -0.39 is 10.0 Å². The number of rotatable bonds is 17. The molecule has 0 aromatic heterocycles. The monoisotopic (exact) mass is 393 g/mol. The Hall–Kier alpha value is -0.400. The van der Waals surface area contributed by atoms with E-state index in [1.54, 1.807) is 7.05 Å². The maximum absolute atomic E-state index is 11.7. The summed E-state index contributed by atoms with van der Waals surface area (Å²) in [6.45, 7) is 2.26. The molecule has 150 valence electrons. The molecule has 0 aliphatic carbocycles. The van der Waals surface area contributed by atoms with Gasteiger partial charge in [-0.25, -0.2) is 8.42 Å². The fraction of sp³-hybridized carbons (Fsp3) is 0.944. The smallest absolute Gasteiger partial charge is 0.228 e. The highest BCUT2D eigenvalue weighted by molar-refractivity contribution is 7.89. The van der Waals surface area contributed by atoms with Crippen LogP contribution in [0.5, 0.6) is 0 Å². The predicted molar refractivity (Wildman–Crippen MR) is 112 cm³/mol. The van der Waals surface area contributed by atoms with Gasteiger partial charge in [-0.2, -0.15) is 0 Å². The Bertz CT molecular complexity index is 415. The van der Waals surface area contributed by atoms with E-state index in [-0.39, 0.29) is 10.9 Å². The quantitative estimate of drug-likeness (QED) is 0.194. The average molecular weight is 394 g/mol. The molecule has 0 aromatic rings. The fourth-order valence-electron chi connectivity index (χ4n) is 2.72. The summed E-state index contributed by atoms with van der Waals surface area (Å²) in [5, 5.41) is 2.92. The number of hydrogen-bond acceptors (Lipinski definition) is 3. The molecule has 0 radical (unpaired) electrons. The number of thiocarbonyl (C=S) groups is 1. The van der Waals surface area contributed by atoms with Crippen LogP contribution < -0.4 is 15.6 Å². The van der Waals surface area contributed by atoms with E-state index in [0.717, 1.165) is 12.8 Å². The lowest BCUT2D eigenvalue weighted by atomic mass is 10.0. The standard InChI is InChI=1S/C18H39N3O2S2/c1-3-4-5-6-7-8-9-10-11-12-13-14-15-16-17-25(22,23)21-20-18(24)19-2/h21H,3-17H2,1-2H3,(H2,19,20,24). The first kappa shape index (κ1) is 24.6. The number of sulfonamides is 1. The molecule has 25 heavy (non-hydrogen) atoms. The van der Waals surface area contributed by atoms with Crippen LogP contribution in [0.15, 0.2) is 0 Å². The van der Waals surface area contributed by atoms with Gasteiger partial charge in [-0.05, 0) is 18.6 Å². The van der Waals surface area contributed by atoms with Crippen LogP contribution in [0, 0.1) is 0 Å². The molecule has 0 aliphatic heterocycles. The van der Waals surface area contributed by atoms with Crippen molar-refractivity contribution in [1.82, 2.24) is 15.6 Å². The molecule has 3 N–H and O–H groups in total. The van der Waals surface area contributed by atoms with Gasteiger partial charge in [-0.15, -0.1) is 4.83 Å². The summed E-state index contributed by atoms with van der Waals surface area (Å²) in [4.78, 5) is 2.27. The fourth-order valence-corrected chi connectivity index (χ4v) is 3.78. The van der Waals surface area contributed by atoms with Gasteiger partial charge in [0.05, 0.1) is 5.75 Å². The summed E-state index contributed by atoms with van der Waals surface area (Å²) >= 11 is 4.82. The number of hydrazine groups is 1. The highest BCUT2D eigenvalue weighted by Gasteiger charge is 2.09. The number of unbranched alkanes of at least 4 members (excludes halogenated alkanes) is 13. The van der Waals surface area contributed by atoms with Gasteiger partial charge in [0.25, 0.3) is 0 Å². The number of nitrogens with one attached hydrogen (secondary N) is 3. The van der Waals surface area contributed by atoms with Crippen LogP contribution in [0.4, 0.5) is 0 Å². The Kier molecular flexibility index (Phi) is 16.8. The van der Waals surface area contributed by atoms with Crippen LogP contribution in [0.2, 0.25) is 0 Å². The van der Waals surface area contributed by atoms with Crippen molar-refractivity contribution in [1.29, 1.82) is 0 Å². The van der Waals surface area contributed by atoms with Gasteiger partial charge in [-0.3, -0.25) is 5.43 Å². The highest BCUT2D eigenvalue weighted by Crippen LogP contribution is 2.13. The Labute approximate surface area is 161 Å². The molecule has 0 heterocycles. The molecule has 5 nitrogen and oxygen atoms in total. The Balaban J connectivity index is 3.31. The van der Waals surface area contributed by atoms with Gasteiger partial charge in [0, 0.05) is 7.05 Å². The maximum atomic E-state index is 11.7. The van der Waals surface area contributed by atoms with Crippen molar-refractivity contribution in [3.63, 3.8) is 0 Å². The second-order valence-electron chi connectivity index (χ2n) is 6.72. The third-order valence-electron chi connectivity index (χ3n) is 4.31. The molecule has 0 bridgehead atoms. The van der Waals surface area contributed by atoms with Crippen molar-refractivity contribution < 1.29 is 8.42 Å². The number of hydrogen-bond donors (Lipinski definition) is 3. The lowest BCUT2D eigenvalue weighted by Gasteiger charge is -2.09. The van der Waals surface area contributed by atoms with Crippen molar-refractivity contribution in [2.24, 2.45) is 0 Å². The SMILES string of the molecule is CCCCCCCCCCCCCCCCS(=O)(=O)NNC(=S)NC. The topological polar surface area (TPSA) is 70.2 Å². The van der Waals surface area contributed by atoms with Gasteiger partial charge >= 0.3 is 0 Å². The third kappa shape index (κ3) is 18.2. The zero-order valence-electron chi connectivity index (χ0n) is 16.2. The Morgan fingerprint density at radius 3 is 1.56 bits per heavy atom.